The molecule has 9 heteroatoms. The highest BCUT2D eigenvalue weighted by molar-refractivity contribution is 7.17. The Bertz CT molecular complexity index is 1410. The molecule has 1 aliphatic rings. The second kappa shape index (κ2) is 8.79. The van der Waals surface area contributed by atoms with Crippen molar-refractivity contribution in [3.05, 3.63) is 88.5 Å². The van der Waals surface area contributed by atoms with Crippen molar-refractivity contribution in [3.8, 4) is 17.5 Å². The van der Waals surface area contributed by atoms with Gasteiger partial charge in [0.25, 0.3) is 0 Å². The summed E-state index contributed by atoms with van der Waals surface area (Å²) in [7, 11) is 0. The van der Waals surface area contributed by atoms with Crippen molar-refractivity contribution in [3.63, 3.8) is 0 Å². The smallest absolute Gasteiger partial charge is 0.230 e. The van der Waals surface area contributed by atoms with E-state index < -0.39 is 0 Å². The van der Waals surface area contributed by atoms with Crippen LogP contribution in [0.2, 0.25) is 5.02 Å². The summed E-state index contributed by atoms with van der Waals surface area (Å²) >= 11 is 7.67. The Hall–Kier alpha value is -3.33. The van der Waals surface area contributed by atoms with Gasteiger partial charge in [-0.1, -0.05) is 59.3 Å². The molecule has 34 heavy (non-hydrogen) atoms. The highest BCUT2D eigenvalue weighted by Crippen LogP contribution is 2.41. The number of benzene rings is 2. The van der Waals surface area contributed by atoms with E-state index in [0.29, 0.717) is 16.5 Å². The summed E-state index contributed by atoms with van der Waals surface area (Å²) in [5, 5.41) is 16.4. The van der Waals surface area contributed by atoms with Crippen LogP contribution in [0.5, 0.6) is 5.88 Å². The van der Waals surface area contributed by atoms with Crippen LogP contribution in [0.25, 0.3) is 16.5 Å². The molecule has 0 aliphatic carbocycles. The molecule has 3 aromatic heterocycles. The number of fused-ring (bicyclic) bond motifs is 1. The zero-order chi connectivity index (χ0) is 23.1. The van der Waals surface area contributed by atoms with Gasteiger partial charge in [-0.15, -0.1) is 5.10 Å². The van der Waals surface area contributed by atoms with Crippen molar-refractivity contribution < 1.29 is 9.52 Å². The molecule has 0 saturated carbocycles. The molecule has 5 aromatic rings. The Kier molecular flexibility index (Phi) is 5.49. The maximum absolute atomic E-state index is 11.2. The number of aromatic hydroxyl groups is 1. The third kappa shape index (κ3) is 3.83. The Balaban J connectivity index is 1.32. The van der Waals surface area contributed by atoms with Gasteiger partial charge in [-0.05, 0) is 35.9 Å². The van der Waals surface area contributed by atoms with Crippen LogP contribution < -0.4 is 4.90 Å². The zero-order valence-electron chi connectivity index (χ0n) is 18.2. The minimum absolute atomic E-state index is 0.0942. The molecule has 4 heterocycles. The third-order valence-electron chi connectivity index (χ3n) is 6.16. The van der Waals surface area contributed by atoms with Gasteiger partial charge in [0.05, 0.1) is 17.2 Å². The van der Waals surface area contributed by atoms with Crippen LogP contribution in [0.15, 0.2) is 77.4 Å². The maximum Gasteiger partial charge on any atom is 0.230 e. The van der Waals surface area contributed by atoms with Crippen LogP contribution in [0.4, 0.5) is 5.69 Å². The van der Waals surface area contributed by atoms with Gasteiger partial charge >= 0.3 is 0 Å². The maximum atomic E-state index is 11.2. The molecule has 1 atom stereocenters. The Morgan fingerprint density at radius 3 is 2.50 bits per heavy atom. The van der Waals surface area contributed by atoms with Crippen molar-refractivity contribution >= 4 is 33.6 Å². The lowest BCUT2D eigenvalue weighted by Gasteiger charge is -2.40. The van der Waals surface area contributed by atoms with E-state index in [9.17, 15) is 5.11 Å². The molecule has 1 fully saturated rings. The average molecular weight is 492 g/mol. The van der Waals surface area contributed by atoms with E-state index in [1.54, 1.807) is 12.3 Å². The van der Waals surface area contributed by atoms with Gasteiger partial charge < -0.3 is 14.4 Å². The summed E-state index contributed by atoms with van der Waals surface area (Å²) in [5.74, 6) is 1.16. The highest BCUT2D eigenvalue weighted by atomic mass is 35.5. The first-order chi connectivity index (χ1) is 16.7. The second-order valence-electron chi connectivity index (χ2n) is 8.21. The van der Waals surface area contributed by atoms with Crippen molar-refractivity contribution in [1.29, 1.82) is 0 Å². The van der Waals surface area contributed by atoms with E-state index in [4.69, 9.17) is 16.0 Å². The minimum atomic E-state index is -0.0942. The number of hydrogen-bond donors (Lipinski definition) is 1. The van der Waals surface area contributed by atoms with Crippen molar-refractivity contribution in [2.24, 2.45) is 0 Å². The Labute approximate surface area is 205 Å². The molecule has 1 aliphatic heterocycles. The molecule has 6 rings (SSSR count). The standard InChI is InChI=1S/C25H22ClN5O2S/c26-18-8-4-9-19(16-18)29-11-13-30(14-12-29)21(17-6-2-1-3-7-17)22-24(32)31-25(34-22)27-23(28-31)20-10-5-15-33-20/h1-10,15-16,21,32H,11-14H2. The first-order valence-corrected chi connectivity index (χ1v) is 12.3. The van der Waals surface area contributed by atoms with Gasteiger partial charge in [0.1, 0.15) is 0 Å². The number of hydrogen-bond acceptors (Lipinski definition) is 7. The molecule has 1 saturated heterocycles. The van der Waals surface area contributed by atoms with E-state index in [0.717, 1.165) is 47.3 Å². The Morgan fingerprint density at radius 1 is 0.971 bits per heavy atom. The highest BCUT2D eigenvalue weighted by Gasteiger charge is 2.32. The molecule has 1 unspecified atom stereocenters. The van der Waals surface area contributed by atoms with Gasteiger partial charge in [-0.2, -0.15) is 9.50 Å². The number of thiazole rings is 1. The fourth-order valence-corrected chi connectivity index (χ4v) is 5.81. The predicted octanol–water partition coefficient (Wildman–Crippen LogP) is 5.32. The summed E-state index contributed by atoms with van der Waals surface area (Å²) in [6, 6.07) is 21.8. The Morgan fingerprint density at radius 2 is 1.79 bits per heavy atom. The van der Waals surface area contributed by atoms with Crippen LogP contribution in [-0.4, -0.2) is 50.8 Å². The average Bonchev–Trinajstić information content (AvgIpc) is 3.60. The van der Waals surface area contributed by atoms with Gasteiger partial charge in [-0.25, -0.2) is 0 Å². The molecule has 0 bridgehead atoms. The molecule has 0 spiro atoms. The fraction of sp³-hybridized carbons (Fsp3) is 0.200. The number of nitrogens with zero attached hydrogens (tertiary/aromatic N) is 5. The zero-order valence-corrected chi connectivity index (χ0v) is 19.8. The normalized spacial score (nSPS) is 15.7. The molecule has 2 aromatic carbocycles. The van der Waals surface area contributed by atoms with Crippen molar-refractivity contribution in [2.45, 2.75) is 6.04 Å². The first-order valence-electron chi connectivity index (χ1n) is 11.1. The molecular formula is C25H22ClN5O2S. The molecule has 0 amide bonds. The molecular weight excluding hydrogens is 470 g/mol. The van der Waals surface area contributed by atoms with Crippen molar-refractivity contribution in [2.75, 3.05) is 31.1 Å². The number of furan rings is 1. The van der Waals surface area contributed by atoms with E-state index in [1.165, 1.54) is 15.9 Å². The number of piperazine rings is 1. The molecule has 1 N–H and O–H groups in total. The molecule has 0 radical (unpaired) electrons. The number of aromatic nitrogens is 3. The number of anilines is 1. The van der Waals surface area contributed by atoms with Crippen LogP contribution in [-0.2, 0) is 0 Å². The van der Waals surface area contributed by atoms with E-state index in [-0.39, 0.29) is 11.9 Å². The monoisotopic (exact) mass is 491 g/mol. The van der Waals surface area contributed by atoms with Gasteiger partial charge in [0.2, 0.25) is 16.7 Å². The summed E-state index contributed by atoms with van der Waals surface area (Å²) in [6.07, 6.45) is 1.59. The largest absolute Gasteiger partial charge is 0.492 e. The summed E-state index contributed by atoms with van der Waals surface area (Å²) < 4.78 is 6.93. The van der Waals surface area contributed by atoms with Gasteiger partial charge in [0.15, 0.2) is 5.76 Å². The van der Waals surface area contributed by atoms with Crippen molar-refractivity contribution in [1.82, 2.24) is 19.5 Å². The van der Waals surface area contributed by atoms with E-state index in [2.05, 4.69) is 38.1 Å². The summed E-state index contributed by atoms with van der Waals surface area (Å²) in [4.78, 5) is 10.8. The van der Waals surface area contributed by atoms with Gasteiger partial charge in [-0.3, -0.25) is 4.90 Å². The minimum Gasteiger partial charge on any atom is -0.492 e. The van der Waals surface area contributed by atoms with Crippen LogP contribution >= 0.6 is 22.9 Å². The fourth-order valence-electron chi connectivity index (χ4n) is 4.51. The SMILES string of the molecule is Oc1c(C(c2ccccc2)N2CCN(c3cccc(Cl)c3)CC2)sc2nc(-c3ccco3)nn12. The first kappa shape index (κ1) is 21.2. The lowest BCUT2D eigenvalue weighted by atomic mass is 10.0. The molecule has 172 valence electrons. The lowest BCUT2D eigenvalue weighted by molar-refractivity contribution is 0.211. The molecule has 7 nitrogen and oxygen atoms in total. The second-order valence-corrected chi connectivity index (χ2v) is 9.66. The topological polar surface area (TPSA) is 70.0 Å². The predicted molar refractivity (Wildman–Crippen MR) is 134 cm³/mol. The number of rotatable bonds is 5. The summed E-state index contributed by atoms with van der Waals surface area (Å²) in [6.45, 7) is 3.43. The summed E-state index contributed by atoms with van der Waals surface area (Å²) in [5.41, 5.74) is 2.26. The van der Waals surface area contributed by atoms with E-state index in [1.807, 2.05) is 42.5 Å². The van der Waals surface area contributed by atoms with E-state index >= 15 is 0 Å². The van der Waals surface area contributed by atoms with Crippen LogP contribution in [0.3, 0.4) is 0 Å². The third-order valence-corrected chi connectivity index (χ3v) is 7.47. The van der Waals surface area contributed by atoms with Crippen LogP contribution in [0.1, 0.15) is 16.5 Å². The van der Waals surface area contributed by atoms with Gasteiger partial charge in [0, 0.05) is 36.9 Å². The van der Waals surface area contributed by atoms with Crippen LogP contribution in [0, 0.1) is 0 Å². The quantitative estimate of drug-likeness (QED) is 0.359. The lowest BCUT2D eigenvalue weighted by Crippen LogP contribution is -2.47. The number of halogens is 1.